The molecule has 1 heterocycles. The van der Waals surface area contributed by atoms with Crippen molar-refractivity contribution in [2.45, 2.75) is 13.8 Å². The van der Waals surface area contributed by atoms with Gasteiger partial charge in [-0.15, -0.1) is 0 Å². The zero-order valence-corrected chi connectivity index (χ0v) is 15.7. The quantitative estimate of drug-likeness (QED) is 0.561. The summed E-state index contributed by atoms with van der Waals surface area (Å²) in [6.07, 6.45) is 0. The van der Waals surface area contributed by atoms with Gasteiger partial charge in [-0.05, 0) is 54.4 Å². The Balaban J connectivity index is 1.47. The van der Waals surface area contributed by atoms with Gasteiger partial charge in [0.1, 0.15) is 5.75 Å². The Morgan fingerprint density at radius 1 is 0.964 bits per heavy atom. The summed E-state index contributed by atoms with van der Waals surface area (Å²) in [6, 6.07) is 19.2. The number of benzene rings is 3. The predicted molar refractivity (Wildman–Crippen MR) is 112 cm³/mol. The Morgan fingerprint density at radius 3 is 2.57 bits per heavy atom. The molecule has 0 saturated heterocycles. The zero-order chi connectivity index (χ0) is 19.7. The number of carbonyl (C=O) groups is 1. The molecule has 5 nitrogen and oxygen atoms in total. The number of pyridine rings is 1. The molecule has 5 heteroatoms. The van der Waals surface area contributed by atoms with Crippen molar-refractivity contribution in [2.24, 2.45) is 0 Å². The average molecular weight is 372 g/mol. The highest BCUT2D eigenvalue weighted by Crippen LogP contribution is 2.22. The average Bonchev–Trinajstić information content (AvgIpc) is 2.70. The molecule has 2 N–H and O–H groups in total. The van der Waals surface area contributed by atoms with Crippen LogP contribution in [0.2, 0.25) is 0 Å². The van der Waals surface area contributed by atoms with Gasteiger partial charge in [-0.3, -0.25) is 9.59 Å². The first-order valence-electron chi connectivity index (χ1n) is 9.06. The fourth-order valence-corrected chi connectivity index (χ4v) is 3.24. The lowest BCUT2D eigenvalue weighted by molar-refractivity contribution is -0.118. The predicted octanol–water partition coefficient (Wildman–Crippen LogP) is 4.32. The van der Waals surface area contributed by atoms with Crippen molar-refractivity contribution >= 4 is 33.3 Å². The van der Waals surface area contributed by atoms with Gasteiger partial charge in [0.05, 0.1) is 5.52 Å². The summed E-state index contributed by atoms with van der Waals surface area (Å²) >= 11 is 0. The van der Waals surface area contributed by atoms with Crippen LogP contribution >= 0.6 is 0 Å². The molecule has 0 spiro atoms. The number of anilines is 1. The number of aromatic amines is 1. The molecule has 140 valence electrons. The Morgan fingerprint density at radius 2 is 1.75 bits per heavy atom. The minimum atomic E-state index is -0.265. The smallest absolute Gasteiger partial charge is 0.262 e. The van der Waals surface area contributed by atoms with Gasteiger partial charge in [0.2, 0.25) is 0 Å². The standard InChI is InChI=1S/C23H20N2O3/c1-14-15(2)23(27)25-21-12-18(8-10-20(14)21)24-22(26)13-28-19-9-7-16-5-3-4-6-17(16)11-19/h3-12H,13H2,1-2H3,(H,24,26)(H,25,27). The van der Waals surface area contributed by atoms with E-state index in [9.17, 15) is 9.59 Å². The van der Waals surface area contributed by atoms with Crippen LogP contribution < -0.4 is 15.6 Å². The molecule has 0 radical (unpaired) electrons. The third-order valence-corrected chi connectivity index (χ3v) is 4.95. The van der Waals surface area contributed by atoms with E-state index in [-0.39, 0.29) is 18.1 Å². The van der Waals surface area contributed by atoms with Crippen molar-refractivity contribution in [3.8, 4) is 5.75 Å². The second-order valence-corrected chi connectivity index (χ2v) is 6.81. The number of amides is 1. The molecule has 0 aliphatic rings. The van der Waals surface area contributed by atoms with E-state index in [1.807, 2.05) is 61.5 Å². The van der Waals surface area contributed by atoms with E-state index in [2.05, 4.69) is 10.3 Å². The number of aryl methyl sites for hydroxylation is 1. The zero-order valence-electron chi connectivity index (χ0n) is 15.7. The molecular weight excluding hydrogens is 352 g/mol. The van der Waals surface area contributed by atoms with Crippen molar-refractivity contribution < 1.29 is 9.53 Å². The van der Waals surface area contributed by atoms with Crippen molar-refractivity contribution in [1.29, 1.82) is 0 Å². The summed E-state index contributed by atoms with van der Waals surface area (Å²) in [7, 11) is 0. The van der Waals surface area contributed by atoms with Crippen molar-refractivity contribution in [2.75, 3.05) is 11.9 Å². The van der Waals surface area contributed by atoms with Gasteiger partial charge in [-0.1, -0.05) is 36.4 Å². The van der Waals surface area contributed by atoms with Gasteiger partial charge in [-0.25, -0.2) is 0 Å². The van der Waals surface area contributed by atoms with Gasteiger partial charge in [0, 0.05) is 16.6 Å². The van der Waals surface area contributed by atoms with Crippen LogP contribution in [0.1, 0.15) is 11.1 Å². The summed E-state index contributed by atoms with van der Waals surface area (Å²) in [5.74, 6) is 0.376. The number of rotatable bonds is 4. The molecule has 0 unspecified atom stereocenters. The summed E-state index contributed by atoms with van der Waals surface area (Å²) in [5.41, 5.74) is 2.83. The molecule has 0 saturated carbocycles. The van der Waals surface area contributed by atoms with E-state index in [0.29, 0.717) is 22.5 Å². The lowest BCUT2D eigenvalue weighted by atomic mass is 10.1. The molecular formula is C23H20N2O3. The Hall–Kier alpha value is -3.60. The first kappa shape index (κ1) is 17.8. The highest BCUT2D eigenvalue weighted by atomic mass is 16.5. The fourth-order valence-electron chi connectivity index (χ4n) is 3.24. The molecule has 0 atom stereocenters. The number of aromatic nitrogens is 1. The van der Waals surface area contributed by atoms with Crippen LogP contribution in [0.4, 0.5) is 5.69 Å². The number of hydrogen-bond donors (Lipinski definition) is 2. The minimum Gasteiger partial charge on any atom is -0.484 e. The molecule has 4 rings (SSSR count). The van der Waals surface area contributed by atoms with Gasteiger partial charge >= 0.3 is 0 Å². The van der Waals surface area contributed by atoms with E-state index in [0.717, 1.165) is 21.7 Å². The first-order chi connectivity index (χ1) is 13.5. The Kier molecular flexibility index (Phi) is 4.57. The maximum Gasteiger partial charge on any atom is 0.262 e. The highest BCUT2D eigenvalue weighted by molar-refractivity contribution is 5.95. The van der Waals surface area contributed by atoms with E-state index < -0.39 is 0 Å². The molecule has 1 aromatic heterocycles. The third kappa shape index (κ3) is 3.47. The van der Waals surface area contributed by atoms with Crippen LogP contribution in [-0.2, 0) is 4.79 Å². The topological polar surface area (TPSA) is 71.2 Å². The number of H-pyrrole nitrogens is 1. The van der Waals surface area contributed by atoms with Crippen LogP contribution in [0, 0.1) is 13.8 Å². The SMILES string of the molecule is Cc1c(C)c2ccc(NC(=O)COc3ccc4ccccc4c3)cc2[nH]c1=O. The third-order valence-electron chi connectivity index (χ3n) is 4.95. The van der Waals surface area contributed by atoms with Crippen LogP contribution in [-0.4, -0.2) is 17.5 Å². The second-order valence-electron chi connectivity index (χ2n) is 6.81. The van der Waals surface area contributed by atoms with Gasteiger partial charge in [0.15, 0.2) is 6.61 Å². The lowest BCUT2D eigenvalue weighted by Gasteiger charge is -2.10. The van der Waals surface area contributed by atoms with Crippen LogP contribution in [0.15, 0.2) is 65.5 Å². The van der Waals surface area contributed by atoms with Crippen LogP contribution in [0.25, 0.3) is 21.7 Å². The molecule has 0 aliphatic carbocycles. The summed E-state index contributed by atoms with van der Waals surface area (Å²) in [4.78, 5) is 27.1. The molecule has 1 amide bonds. The number of carbonyl (C=O) groups excluding carboxylic acids is 1. The monoisotopic (exact) mass is 372 g/mol. The number of nitrogens with one attached hydrogen (secondary N) is 2. The fraction of sp³-hybridized carbons (Fsp3) is 0.130. The molecule has 0 aliphatic heterocycles. The van der Waals surface area contributed by atoms with E-state index in [1.165, 1.54) is 0 Å². The molecule has 3 aromatic carbocycles. The highest BCUT2D eigenvalue weighted by Gasteiger charge is 2.08. The van der Waals surface area contributed by atoms with Gasteiger partial charge < -0.3 is 15.0 Å². The minimum absolute atomic E-state index is 0.0974. The normalized spacial score (nSPS) is 10.9. The summed E-state index contributed by atoms with van der Waals surface area (Å²) < 4.78 is 5.62. The molecule has 0 bridgehead atoms. The van der Waals surface area contributed by atoms with Crippen LogP contribution in [0.3, 0.4) is 0 Å². The maximum absolute atomic E-state index is 12.3. The largest absolute Gasteiger partial charge is 0.484 e. The second kappa shape index (κ2) is 7.19. The first-order valence-corrected chi connectivity index (χ1v) is 9.06. The number of hydrogen-bond acceptors (Lipinski definition) is 3. The van der Waals surface area contributed by atoms with E-state index in [4.69, 9.17) is 4.74 Å². The van der Waals surface area contributed by atoms with Gasteiger partial charge in [0.25, 0.3) is 11.5 Å². The van der Waals surface area contributed by atoms with E-state index >= 15 is 0 Å². The Labute approximate surface area is 162 Å². The van der Waals surface area contributed by atoms with Gasteiger partial charge in [-0.2, -0.15) is 0 Å². The Bertz CT molecular complexity index is 1260. The van der Waals surface area contributed by atoms with Crippen LogP contribution in [0.5, 0.6) is 5.75 Å². The van der Waals surface area contributed by atoms with Crippen molar-refractivity contribution in [1.82, 2.24) is 4.98 Å². The maximum atomic E-state index is 12.3. The summed E-state index contributed by atoms with van der Waals surface area (Å²) in [6.45, 7) is 3.62. The van der Waals surface area contributed by atoms with Crippen molar-refractivity contribution in [3.63, 3.8) is 0 Å². The number of ether oxygens (including phenoxy) is 1. The number of fused-ring (bicyclic) bond motifs is 2. The lowest BCUT2D eigenvalue weighted by Crippen LogP contribution is -2.20. The molecule has 0 fully saturated rings. The van der Waals surface area contributed by atoms with Crippen molar-refractivity contribution in [3.05, 3.63) is 82.1 Å². The molecule has 4 aromatic rings. The summed E-state index contributed by atoms with van der Waals surface area (Å²) in [5, 5.41) is 5.95. The molecule has 28 heavy (non-hydrogen) atoms. The van der Waals surface area contributed by atoms with E-state index in [1.54, 1.807) is 13.0 Å².